The van der Waals surface area contributed by atoms with Gasteiger partial charge in [0.05, 0.1) is 23.2 Å². The average Bonchev–Trinajstić information content (AvgIpc) is 3.32. The largest absolute Gasteiger partial charge is 0.466 e. The summed E-state index contributed by atoms with van der Waals surface area (Å²) in [7, 11) is 0. The highest BCUT2D eigenvalue weighted by Crippen LogP contribution is 2.67. The lowest BCUT2D eigenvalue weighted by molar-refractivity contribution is -0.153. The molecule has 6 atom stereocenters. The fourth-order valence-corrected chi connectivity index (χ4v) is 9.01. The summed E-state index contributed by atoms with van der Waals surface area (Å²) in [5.41, 5.74) is 0. The Bertz CT molecular complexity index is 680. The summed E-state index contributed by atoms with van der Waals surface area (Å²) in [4.78, 5) is 41.7. The number of ether oxygens (including phenoxy) is 1. The first-order valence-electron chi connectivity index (χ1n) is 11.6. The quantitative estimate of drug-likeness (QED) is 0.234. The molecule has 2 bridgehead atoms. The van der Waals surface area contributed by atoms with E-state index in [0.29, 0.717) is 19.5 Å². The highest BCUT2D eigenvalue weighted by atomic mass is 79.9. The molecule has 0 aromatic heterocycles. The van der Waals surface area contributed by atoms with E-state index in [0.717, 1.165) is 38.5 Å². The third-order valence-electron chi connectivity index (χ3n) is 6.73. The average molecular weight is 520 g/mol. The lowest BCUT2D eigenvalue weighted by Gasteiger charge is -2.35. The van der Waals surface area contributed by atoms with E-state index in [1.165, 1.54) is 0 Å². The van der Waals surface area contributed by atoms with Crippen molar-refractivity contribution < 1.29 is 24.2 Å². The number of hydrogen-bond acceptors (Lipinski definition) is 6. The molecule has 2 amide bonds. The second kappa shape index (κ2) is 10.9. The van der Waals surface area contributed by atoms with Gasteiger partial charge in [0.2, 0.25) is 11.8 Å². The molecule has 0 aromatic rings. The van der Waals surface area contributed by atoms with Gasteiger partial charge >= 0.3 is 5.97 Å². The SMILES string of the molecule is CCCCNC(=O)C1N(CCCCCCO)C(=O)[C@@H]2[C@H](C(=O)OCC)[C@H]3SC12CC3Br. The first-order valence-corrected chi connectivity index (χ1v) is 13.4. The number of aliphatic hydroxyl groups is 1. The third-order valence-corrected chi connectivity index (χ3v) is 9.95. The molecule has 0 aliphatic carbocycles. The predicted octanol–water partition coefficient (Wildman–Crippen LogP) is 2.48. The molecule has 176 valence electrons. The zero-order valence-corrected chi connectivity index (χ0v) is 20.9. The number of rotatable bonds is 12. The molecule has 3 rings (SSSR count). The fourth-order valence-electron chi connectivity index (χ4n) is 5.41. The Hall–Kier alpha value is -0.800. The molecule has 3 aliphatic heterocycles. The number of nitrogens with one attached hydrogen (secondary N) is 1. The summed E-state index contributed by atoms with van der Waals surface area (Å²) in [6.45, 7) is 5.40. The zero-order chi connectivity index (χ0) is 22.6. The van der Waals surface area contributed by atoms with Crippen molar-refractivity contribution in [2.24, 2.45) is 11.8 Å². The smallest absolute Gasteiger partial charge is 0.310 e. The van der Waals surface area contributed by atoms with Crippen LogP contribution in [0.1, 0.15) is 58.8 Å². The third kappa shape index (κ3) is 4.64. The molecule has 3 unspecified atom stereocenters. The van der Waals surface area contributed by atoms with Crippen LogP contribution in [0.2, 0.25) is 0 Å². The van der Waals surface area contributed by atoms with Crippen molar-refractivity contribution in [2.75, 3.05) is 26.3 Å². The van der Waals surface area contributed by atoms with E-state index in [9.17, 15) is 14.4 Å². The van der Waals surface area contributed by atoms with Gasteiger partial charge in [0.1, 0.15) is 6.04 Å². The van der Waals surface area contributed by atoms with Crippen LogP contribution >= 0.6 is 27.7 Å². The van der Waals surface area contributed by atoms with Gasteiger partial charge in [-0.15, -0.1) is 11.8 Å². The Morgan fingerprint density at radius 1 is 1.26 bits per heavy atom. The molecule has 3 saturated heterocycles. The van der Waals surface area contributed by atoms with E-state index >= 15 is 0 Å². The first kappa shape index (κ1) is 24.8. The lowest BCUT2D eigenvalue weighted by Crippen LogP contribution is -2.54. The Morgan fingerprint density at radius 3 is 2.68 bits per heavy atom. The number of halogens is 1. The number of fused-ring (bicyclic) bond motifs is 1. The first-order chi connectivity index (χ1) is 14.9. The topological polar surface area (TPSA) is 95.9 Å². The Kier molecular flexibility index (Phi) is 8.72. The van der Waals surface area contributed by atoms with E-state index in [4.69, 9.17) is 9.84 Å². The van der Waals surface area contributed by atoms with Crippen LogP contribution in [-0.2, 0) is 19.1 Å². The zero-order valence-electron chi connectivity index (χ0n) is 18.5. The number of unbranched alkanes of at least 4 members (excludes halogenated alkanes) is 4. The Morgan fingerprint density at radius 2 is 2.00 bits per heavy atom. The molecule has 0 radical (unpaired) electrons. The number of amides is 2. The van der Waals surface area contributed by atoms with Gasteiger partial charge in [0, 0.05) is 29.8 Å². The number of carbonyl (C=O) groups excluding carboxylic acids is 3. The number of carbonyl (C=O) groups is 3. The molecule has 0 saturated carbocycles. The maximum atomic E-state index is 13.6. The van der Waals surface area contributed by atoms with Crippen LogP contribution in [0, 0.1) is 11.8 Å². The highest BCUT2D eigenvalue weighted by Gasteiger charge is 2.75. The predicted molar refractivity (Wildman–Crippen MR) is 124 cm³/mol. The molecule has 3 aliphatic rings. The minimum atomic E-state index is -0.589. The van der Waals surface area contributed by atoms with Gasteiger partial charge in [-0.25, -0.2) is 0 Å². The van der Waals surface area contributed by atoms with E-state index in [1.807, 2.05) is 0 Å². The van der Waals surface area contributed by atoms with Gasteiger partial charge in [-0.05, 0) is 32.6 Å². The Balaban J connectivity index is 1.86. The molecule has 2 N–H and O–H groups in total. The van der Waals surface area contributed by atoms with Crippen LogP contribution in [0.25, 0.3) is 0 Å². The molecule has 0 aromatic carbocycles. The molecular formula is C22H35BrN2O5S. The highest BCUT2D eigenvalue weighted by molar-refractivity contribution is 9.09. The lowest BCUT2D eigenvalue weighted by atomic mass is 9.71. The number of aliphatic hydroxyl groups excluding tert-OH is 1. The van der Waals surface area contributed by atoms with Gasteiger partial charge in [0.25, 0.3) is 0 Å². The van der Waals surface area contributed by atoms with Crippen LogP contribution < -0.4 is 5.32 Å². The van der Waals surface area contributed by atoms with Gasteiger partial charge in [-0.3, -0.25) is 14.4 Å². The van der Waals surface area contributed by atoms with Gasteiger partial charge in [-0.1, -0.05) is 42.1 Å². The van der Waals surface area contributed by atoms with Gasteiger partial charge in [0.15, 0.2) is 0 Å². The molecular weight excluding hydrogens is 484 g/mol. The normalized spacial score (nSPS) is 33.6. The van der Waals surface area contributed by atoms with Crippen LogP contribution in [0.15, 0.2) is 0 Å². The number of esters is 1. The summed E-state index contributed by atoms with van der Waals surface area (Å²) in [6, 6.07) is -0.561. The summed E-state index contributed by atoms with van der Waals surface area (Å²) in [5.74, 6) is -1.52. The molecule has 3 fully saturated rings. The van der Waals surface area contributed by atoms with E-state index in [1.54, 1.807) is 23.6 Å². The maximum Gasteiger partial charge on any atom is 0.310 e. The van der Waals surface area contributed by atoms with Crippen LogP contribution in [0.5, 0.6) is 0 Å². The van der Waals surface area contributed by atoms with E-state index < -0.39 is 22.6 Å². The van der Waals surface area contributed by atoms with Crippen LogP contribution in [0.4, 0.5) is 0 Å². The maximum absolute atomic E-state index is 13.6. The van der Waals surface area contributed by atoms with Crippen molar-refractivity contribution >= 4 is 45.5 Å². The number of thioether (sulfide) groups is 1. The summed E-state index contributed by atoms with van der Waals surface area (Å²) >= 11 is 5.38. The minimum Gasteiger partial charge on any atom is -0.466 e. The summed E-state index contributed by atoms with van der Waals surface area (Å²) in [6.07, 6.45) is 5.89. The minimum absolute atomic E-state index is 0.0503. The van der Waals surface area contributed by atoms with Crippen molar-refractivity contribution in [3.05, 3.63) is 0 Å². The second-order valence-electron chi connectivity index (χ2n) is 8.73. The summed E-state index contributed by atoms with van der Waals surface area (Å²) < 4.78 is 4.76. The van der Waals surface area contributed by atoms with Crippen molar-refractivity contribution in [1.29, 1.82) is 0 Å². The Labute approximate surface area is 197 Å². The van der Waals surface area contributed by atoms with Crippen LogP contribution in [0.3, 0.4) is 0 Å². The second-order valence-corrected chi connectivity index (χ2v) is 11.4. The van der Waals surface area contributed by atoms with Crippen molar-refractivity contribution in [3.8, 4) is 0 Å². The van der Waals surface area contributed by atoms with Crippen LogP contribution in [-0.4, -0.2) is 75.0 Å². The van der Waals surface area contributed by atoms with Crippen molar-refractivity contribution in [2.45, 2.75) is 79.7 Å². The van der Waals surface area contributed by atoms with E-state index in [2.05, 4.69) is 28.2 Å². The number of hydrogen-bond donors (Lipinski definition) is 2. The molecule has 31 heavy (non-hydrogen) atoms. The molecule has 1 spiro atoms. The molecule has 9 heteroatoms. The molecule has 3 heterocycles. The van der Waals surface area contributed by atoms with E-state index in [-0.39, 0.29) is 41.1 Å². The molecule has 7 nitrogen and oxygen atoms in total. The van der Waals surface area contributed by atoms with Crippen molar-refractivity contribution in [3.63, 3.8) is 0 Å². The number of alkyl halides is 1. The van der Waals surface area contributed by atoms with Crippen molar-refractivity contribution in [1.82, 2.24) is 10.2 Å². The standard InChI is InChI=1S/C22H35BrN2O5S/c1-3-5-10-24-19(27)18-22-13-14(23)17(31-22)15(21(29)30-4-2)16(22)20(28)25(18)11-8-6-7-9-12-26/h14-18,26H,3-13H2,1-2H3,(H,24,27)/t14?,15-,16-,17-,18?,22?/m0/s1. The number of nitrogens with zero attached hydrogens (tertiary/aromatic N) is 1. The van der Waals surface area contributed by atoms with Gasteiger partial charge in [-0.2, -0.15) is 0 Å². The van der Waals surface area contributed by atoms with Gasteiger partial charge < -0.3 is 20.1 Å². The number of likely N-dealkylation sites (tertiary alicyclic amines) is 1. The monoisotopic (exact) mass is 518 g/mol. The summed E-state index contributed by atoms with van der Waals surface area (Å²) in [5, 5.41) is 12.0. The fraction of sp³-hybridized carbons (Fsp3) is 0.864.